The second-order valence-corrected chi connectivity index (χ2v) is 6.69. The molecule has 0 aliphatic carbocycles. The van der Waals surface area contributed by atoms with Gasteiger partial charge >= 0.3 is 5.97 Å². The lowest BCUT2D eigenvalue weighted by atomic mass is 10.2. The smallest absolute Gasteiger partial charge is 0.325 e. The van der Waals surface area contributed by atoms with Gasteiger partial charge in [0.15, 0.2) is 0 Å². The molecule has 2 N–H and O–H groups in total. The third-order valence-corrected chi connectivity index (χ3v) is 5.13. The van der Waals surface area contributed by atoms with Crippen LogP contribution in [0.1, 0.15) is 33.1 Å². The molecule has 1 aliphatic heterocycles. The van der Waals surface area contributed by atoms with Crippen LogP contribution in [0, 0.1) is 0 Å². The highest BCUT2D eigenvalue weighted by atomic mass is 32.2. The molecule has 1 saturated heterocycles. The van der Waals surface area contributed by atoms with Crippen molar-refractivity contribution in [1.29, 1.82) is 0 Å². The Hall–Kier alpha value is -1.15. The molecular weight excluding hydrogens is 272 g/mol. The van der Waals surface area contributed by atoms with Gasteiger partial charge in [-0.3, -0.25) is 9.59 Å². The molecule has 19 heavy (non-hydrogen) atoms. The van der Waals surface area contributed by atoms with Crippen molar-refractivity contribution in [3.05, 3.63) is 0 Å². The average molecular weight is 292 g/mol. The number of nitrogens with one attached hydrogen (secondary N) is 1. The van der Waals surface area contributed by atoms with Crippen molar-refractivity contribution in [3.8, 4) is 0 Å². The average Bonchev–Trinajstić information content (AvgIpc) is 2.78. The summed E-state index contributed by atoms with van der Waals surface area (Å²) in [5, 5.41) is 11.1. The number of rotatable bonds is 6. The minimum Gasteiger partial charge on any atom is -0.480 e. The van der Waals surface area contributed by atoms with Gasteiger partial charge in [0.25, 0.3) is 0 Å². The van der Waals surface area contributed by atoms with Gasteiger partial charge in [0.05, 0.1) is 5.75 Å². The predicted octanol–water partition coefficient (Wildman–Crippen LogP) is -0.220. The molecule has 0 radical (unpaired) electrons. The van der Waals surface area contributed by atoms with E-state index in [0.29, 0.717) is 25.8 Å². The predicted molar refractivity (Wildman–Crippen MR) is 69.0 cm³/mol. The summed E-state index contributed by atoms with van der Waals surface area (Å²) >= 11 is 0. The maximum atomic E-state index is 12.0. The minimum atomic E-state index is -3.44. The molecule has 1 fully saturated rings. The zero-order valence-electron chi connectivity index (χ0n) is 11.1. The molecule has 1 unspecified atom stereocenters. The first-order valence-electron chi connectivity index (χ1n) is 6.32. The fraction of sp³-hybridized carbons (Fsp3) is 0.818. The summed E-state index contributed by atoms with van der Waals surface area (Å²) in [5.41, 5.74) is 0. The number of aliphatic carboxylic acids is 1. The lowest BCUT2D eigenvalue weighted by Crippen LogP contribution is -2.50. The second-order valence-electron chi connectivity index (χ2n) is 4.65. The molecule has 0 aromatic heterocycles. The van der Waals surface area contributed by atoms with E-state index in [-0.39, 0.29) is 5.75 Å². The van der Waals surface area contributed by atoms with Gasteiger partial charge in [-0.05, 0) is 26.2 Å². The Bertz CT molecular complexity index is 448. The van der Waals surface area contributed by atoms with E-state index in [1.165, 1.54) is 11.2 Å². The zero-order chi connectivity index (χ0) is 14.6. The van der Waals surface area contributed by atoms with Crippen molar-refractivity contribution in [2.75, 3.05) is 12.3 Å². The second kappa shape index (κ2) is 6.33. The third-order valence-electron chi connectivity index (χ3n) is 3.05. The third kappa shape index (κ3) is 3.90. The van der Waals surface area contributed by atoms with Crippen molar-refractivity contribution < 1.29 is 23.1 Å². The Morgan fingerprint density at radius 1 is 1.47 bits per heavy atom. The van der Waals surface area contributed by atoms with Crippen LogP contribution in [0.3, 0.4) is 0 Å². The Labute approximate surface area is 113 Å². The Kier molecular flexibility index (Phi) is 5.30. The van der Waals surface area contributed by atoms with Crippen LogP contribution in [-0.4, -0.2) is 54.1 Å². The molecule has 1 amide bonds. The van der Waals surface area contributed by atoms with Crippen molar-refractivity contribution in [3.63, 3.8) is 0 Å². The standard InChI is InChI=1S/C11H20N2O5S/c1-3-7-19(17,18)13-6-4-5-9(13)10(14)12-8(2)11(15)16/h8-9H,3-7H2,1-2H3,(H,12,14)(H,15,16)/t8-,9?/m0/s1. The topological polar surface area (TPSA) is 104 Å². The van der Waals surface area contributed by atoms with Crippen molar-refractivity contribution in [2.24, 2.45) is 0 Å². The number of carboxylic acids is 1. The highest BCUT2D eigenvalue weighted by Crippen LogP contribution is 2.22. The minimum absolute atomic E-state index is 0.00522. The van der Waals surface area contributed by atoms with Crippen LogP contribution in [0.5, 0.6) is 0 Å². The molecule has 8 heteroatoms. The van der Waals surface area contributed by atoms with Gasteiger partial charge in [-0.25, -0.2) is 8.42 Å². The monoisotopic (exact) mass is 292 g/mol. The molecule has 1 aliphatic rings. The summed E-state index contributed by atoms with van der Waals surface area (Å²) in [6, 6.07) is -1.80. The van der Waals surface area contributed by atoms with Gasteiger partial charge in [0.2, 0.25) is 15.9 Å². The zero-order valence-corrected chi connectivity index (χ0v) is 11.9. The SMILES string of the molecule is CCCS(=O)(=O)N1CCCC1C(=O)N[C@@H](C)C(=O)O. The van der Waals surface area contributed by atoms with Crippen LogP contribution in [-0.2, 0) is 19.6 Å². The van der Waals surface area contributed by atoms with Crippen LogP contribution in [0.4, 0.5) is 0 Å². The van der Waals surface area contributed by atoms with Crippen LogP contribution >= 0.6 is 0 Å². The summed E-state index contributed by atoms with van der Waals surface area (Å²) in [6.45, 7) is 3.43. The first-order valence-corrected chi connectivity index (χ1v) is 7.93. The van der Waals surface area contributed by atoms with Gasteiger partial charge in [-0.2, -0.15) is 4.31 Å². The van der Waals surface area contributed by atoms with E-state index < -0.39 is 34.0 Å². The van der Waals surface area contributed by atoms with Crippen LogP contribution < -0.4 is 5.32 Å². The van der Waals surface area contributed by atoms with E-state index in [9.17, 15) is 18.0 Å². The number of nitrogens with zero attached hydrogens (tertiary/aromatic N) is 1. The molecule has 2 atom stereocenters. The van der Waals surface area contributed by atoms with E-state index in [4.69, 9.17) is 5.11 Å². The van der Waals surface area contributed by atoms with E-state index >= 15 is 0 Å². The van der Waals surface area contributed by atoms with Gasteiger partial charge in [0, 0.05) is 6.54 Å². The van der Waals surface area contributed by atoms with E-state index in [0.717, 1.165) is 0 Å². The van der Waals surface area contributed by atoms with Crippen LogP contribution in [0.15, 0.2) is 0 Å². The Morgan fingerprint density at radius 3 is 2.63 bits per heavy atom. The van der Waals surface area contributed by atoms with E-state index in [2.05, 4.69) is 5.32 Å². The first kappa shape index (κ1) is 15.9. The molecule has 1 rings (SSSR count). The number of carbonyl (C=O) groups excluding carboxylic acids is 1. The van der Waals surface area contributed by atoms with Gasteiger partial charge in [0.1, 0.15) is 12.1 Å². The molecule has 0 aromatic carbocycles. The molecule has 7 nitrogen and oxygen atoms in total. The highest BCUT2D eigenvalue weighted by Gasteiger charge is 2.38. The highest BCUT2D eigenvalue weighted by molar-refractivity contribution is 7.89. The summed E-state index contributed by atoms with van der Waals surface area (Å²) < 4.78 is 25.2. The van der Waals surface area contributed by atoms with Crippen molar-refractivity contribution >= 4 is 21.9 Å². The summed E-state index contributed by atoms with van der Waals surface area (Å²) in [5.74, 6) is -1.67. The fourth-order valence-corrected chi connectivity index (χ4v) is 3.83. The number of amides is 1. The Balaban J connectivity index is 2.76. The van der Waals surface area contributed by atoms with Gasteiger partial charge in [-0.15, -0.1) is 0 Å². The number of carboxylic acid groups (broad SMARTS) is 1. The number of carbonyl (C=O) groups is 2. The normalized spacial score (nSPS) is 22.1. The number of sulfonamides is 1. The lowest BCUT2D eigenvalue weighted by Gasteiger charge is -2.23. The molecule has 0 spiro atoms. The quantitative estimate of drug-likeness (QED) is 0.704. The van der Waals surface area contributed by atoms with Gasteiger partial charge < -0.3 is 10.4 Å². The van der Waals surface area contributed by atoms with E-state index in [1.807, 2.05) is 0 Å². The molecule has 0 bridgehead atoms. The van der Waals surface area contributed by atoms with Crippen LogP contribution in [0.2, 0.25) is 0 Å². The summed E-state index contributed by atoms with van der Waals surface area (Å²) in [7, 11) is -3.44. The van der Waals surface area contributed by atoms with Crippen molar-refractivity contribution in [1.82, 2.24) is 9.62 Å². The molecule has 0 aromatic rings. The largest absolute Gasteiger partial charge is 0.480 e. The molecule has 110 valence electrons. The summed E-state index contributed by atoms with van der Waals surface area (Å²) in [4.78, 5) is 22.6. The summed E-state index contributed by atoms with van der Waals surface area (Å²) in [6.07, 6.45) is 1.53. The number of hydrogen-bond acceptors (Lipinski definition) is 4. The number of hydrogen-bond donors (Lipinski definition) is 2. The lowest BCUT2D eigenvalue weighted by molar-refractivity contribution is -0.141. The van der Waals surface area contributed by atoms with Gasteiger partial charge in [-0.1, -0.05) is 6.92 Å². The van der Waals surface area contributed by atoms with Crippen LogP contribution in [0.25, 0.3) is 0 Å². The maximum Gasteiger partial charge on any atom is 0.325 e. The Morgan fingerprint density at radius 2 is 2.11 bits per heavy atom. The fourth-order valence-electron chi connectivity index (χ4n) is 2.08. The first-order chi connectivity index (χ1) is 8.79. The van der Waals surface area contributed by atoms with Crippen molar-refractivity contribution in [2.45, 2.75) is 45.2 Å². The van der Waals surface area contributed by atoms with E-state index in [1.54, 1.807) is 6.92 Å². The molecule has 0 saturated carbocycles. The molecular formula is C11H20N2O5S. The maximum absolute atomic E-state index is 12.0. The molecule has 1 heterocycles.